The quantitative estimate of drug-likeness (QED) is 0.748. The summed E-state index contributed by atoms with van der Waals surface area (Å²) in [6.07, 6.45) is 5.29. The van der Waals surface area contributed by atoms with Gasteiger partial charge < -0.3 is 5.32 Å². The minimum absolute atomic E-state index is 0.269. The van der Waals surface area contributed by atoms with Crippen LogP contribution in [0.25, 0.3) is 0 Å². The molecular formula is C12H11FN2. The molecule has 1 aromatic carbocycles. The lowest BCUT2D eigenvalue weighted by Gasteiger charge is -2.21. The molecule has 0 aliphatic rings. The third kappa shape index (κ3) is 3.00. The molecule has 3 heteroatoms. The molecule has 0 saturated carbocycles. The number of rotatable bonds is 2. The predicted octanol–water partition coefficient (Wildman–Crippen LogP) is 2.52. The first-order chi connectivity index (χ1) is 6.96. The second-order valence-corrected chi connectivity index (χ2v) is 3.73. The molecule has 0 atom stereocenters. The van der Waals surface area contributed by atoms with Gasteiger partial charge in [0.05, 0.1) is 17.2 Å². The van der Waals surface area contributed by atoms with Gasteiger partial charge in [0.15, 0.2) is 0 Å². The van der Waals surface area contributed by atoms with Crippen molar-refractivity contribution in [1.82, 2.24) is 0 Å². The van der Waals surface area contributed by atoms with Gasteiger partial charge in [0.25, 0.3) is 0 Å². The van der Waals surface area contributed by atoms with E-state index in [2.05, 4.69) is 11.2 Å². The molecule has 2 nitrogen and oxygen atoms in total. The summed E-state index contributed by atoms with van der Waals surface area (Å²) in [5, 5.41) is 11.6. The molecule has 0 heterocycles. The molecule has 0 amide bonds. The van der Waals surface area contributed by atoms with Gasteiger partial charge in [-0.15, -0.1) is 6.42 Å². The molecule has 0 bridgehead atoms. The van der Waals surface area contributed by atoms with Gasteiger partial charge in [0.1, 0.15) is 5.82 Å². The molecular weight excluding hydrogens is 191 g/mol. The van der Waals surface area contributed by atoms with Crippen molar-refractivity contribution < 1.29 is 4.39 Å². The van der Waals surface area contributed by atoms with E-state index in [0.29, 0.717) is 5.69 Å². The topological polar surface area (TPSA) is 35.8 Å². The number of nitrogens with one attached hydrogen (secondary N) is 1. The van der Waals surface area contributed by atoms with Crippen molar-refractivity contribution in [1.29, 1.82) is 5.26 Å². The Morgan fingerprint density at radius 1 is 1.40 bits per heavy atom. The maximum Gasteiger partial charge on any atom is 0.126 e. The van der Waals surface area contributed by atoms with Gasteiger partial charge in [-0.2, -0.15) is 5.26 Å². The fraction of sp³-hybridized carbons (Fsp3) is 0.250. The van der Waals surface area contributed by atoms with Gasteiger partial charge in [-0.3, -0.25) is 0 Å². The highest BCUT2D eigenvalue weighted by Gasteiger charge is 2.13. The smallest absolute Gasteiger partial charge is 0.126 e. The van der Waals surface area contributed by atoms with Gasteiger partial charge in [-0.1, -0.05) is 5.92 Å². The zero-order valence-electron chi connectivity index (χ0n) is 8.63. The van der Waals surface area contributed by atoms with E-state index < -0.39 is 11.4 Å². The third-order valence-corrected chi connectivity index (χ3v) is 1.84. The van der Waals surface area contributed by atoms with Crippen LogP contribution in [0.3, 0.4) is 0 Å². The van der Waals surface area contributed by atoms with Gasteiger partial charge in [-0.05, 0) is 32.0 Å². The van der Waals surface area contributed by atoms with Crippen LogP contribution in [0.5, 0.6) is 0 Å². The Kier molecular flexibility index (Phi) is 2.97. The fourth-order valence-electron chi connectivity index (χ4n) is 1.12. The Morgan fingerprint density at radius 2 is 2.07 bits per heavy atom. The number of anilines is 1. The molecule has 0 aliphatic carbocycles. The largest absolute Gasteiger partial charge is 0.369 e. The lowest BCUT2D eigenvalue weighted by molar-refractivity contribution is 0.626. The second kappa shape index (κ2) is 4.02. The molecule has 0 aliphatic heterocycles. The van der Waals surface area contributed by atoms with Crippen molar-refractivity contribution >= 4 is 5.69 Å². The van der Waals surface area contributed by atoms with Crippen LogP contribution in [0.1, 0.15) is 19.4 Å². The molecule has 0 aromatic heterocycles. The number of nitrogens with zero attached hydrogens (tertiary/aromatic N) is 1. The minimum Gasteiger partial charge on any atom is -0.369 e. The summed E-state index contributed by atoms with van der Waals surface area (Å²) in [5.41, 5.74) is 0.209. The van der Waals surface area contributed by atoms with Crippen LogP contribution in [0, 0.1) is 29.5 Å². The molecule has 76 valence electrons. The van der Waals surface area contributed by atoms with E-state index in [1.165, 1.54) is 12.1 Å². The van der Waals surface area contributed by atoms with E-state index in [1.807, 2.05) is 6.07 Å². The van der Waals surface area contributed by atoms with Crippen LogP contribution in [-0.2, 0) is 0 Å². The van der Waals surface area contributed by atoms with Gasteiger partial charge >= 0.3 is 0 Å². The Hall–Kier alpha value is -2.00. The Bertz CT molecular complexity index is 450. The molecule has 0 spiro atoms. The van der Waals surface area contributed by atoms with Crippen molar-refractivity contribution in [3.8, 4) is 18.4 Å². The molecule has 1 rings (SSSR count). The summed E-state index contributed by atoms with van der Waals surface area (Å²) in [5.74, 6) is 2.08. The molecule has 1 aromatic rings. The second-order valence-electron chi connectivity index (χ2n) is 3.73. The summed E-state index contributed by atoms with van der Waals surface area (Å²) >= 11 is 0. The average Bonchev–Trinajstić information content (AvgIpc) is 2.16. The van der Waals surface area contributed by atoms with E-state index in [0.717, 1.165) is 0 Å². The summed E-state index contributed by atoms with van der Waals surface area (Å²) in [6, 6.07) is 5.92. The summed E-state index contributed by atoms with van der Waals surface area (Å²) in [6.45, 7) is 3.59. The van der Waals surface area contributed by atoms with Crippen LogP contribution in [0.2, 0.25) is 0 Å². The lowest BCUT2D eigenvalue weighted by Crippen LogP contribution is -2.28. The highest BCUT2D eigenvalue weighted by molar-refractivity contribution is 5.52. The number of benzene rings is 1. The van der Waals surface area contributed by atoms with Crippen LogP contribution in [0.4, 0.5) is 10.1 Å². The summed E-state index contributed by atoms with van der Waals surface area (Å²) < 4.78 is 13.1. The van der Waals surface area contributed by atoms with E-state index in [-0.39, 0.29) is 5.56 Å². The van der Waals surface area contributed by atoms with Crippen LogP contribution in [0.15, 0.2) is 18.2 Å². The van der Waals surface area contributed by atoms with Crippen molar-refractivity contribution in [2.24, 2.45) is 0 Å². The molecule has 0 fully saturated rings. The van der Waals surface area contributed by atoms with E-state index >= 15 is 0 Å². The van der Waals surface area contributed by atoms with Crippen molar-refractivity contribution in [3.05, 3.63) is 29.6 Å². The van der Waals surface area contributed by atoms with E-state index in [4.69, 9.17) is 11.7 Å². The number of halogens is 1. The lowest BCUT2D eigenvalue weighted by atomic mass is 10.1. The maximum absolute atomic E-state index is 13.1. The average molecular weight is 202 g/mol. The third-order valence-electron chi connectivity index (χ3n) is 1.84. The van der Waals surface area contributed by atoms with Gasteiger partial charge in [0.2, 0.25) is 0 Å². The predicted molar refractivity (Wildman–Crippen MR) is 57.6 cm³/mol. The number of hydrogen-bond acceptors (Lipinski definition) is 2. The first-order valence-corrected chi connectivity index (χ1v) is 4.43. The van der Waals surface area contributed by atoms with E-state index in [1.54, 1.807) is 19.9 Å². The summed E-state index contributed by atoms with van der Waals surface area (Å²) in [7, 11) is 0. The Labute approximate surface area is 88.7 Å². The van der Waals surface area contributed by atoms with Gasteiger partial charge in [-0.25, -0.2) is 4.39 Å². The maximum atomic E-state index is 13.1. The zero-order valence-corrected chi connectivity index (χ0v) is 8.63. The number of hydrogen-bond donors (Lipinski definition) is 1. The van der Waals surface area contributed by atoms with Crippen molar-refractivity contribution in [2.75, 3.05) is 5.32 Å². The highest BCUT2D eigenvalue weighted by Crippen LogP contribution is 2.17. The molecule has 1 N–H and O–H groups in total. The van der Waals surface area contributed by atoms with Crippen LogP contribution in [-0.4, -0.2) is 5.54 Å². The fourth-order valence-corrected chi connectivity index (χ4v) is 1.12. The monoisotopic (exact) mass is 202 g/mol. The van der Waals surface area contributed by atoms with Crippen molar-refractivity contribution in [2.45, 2.75) is 19.4 Å². The normalized spacial score (nSPS) is 10.2. The minimum atomic E-state index is -0.569. The SMILES string of the molecule is C#CC(C)(C)Nc1cc(F)cc(C#N)c1. The molecule has 15 heavy (non-hydrogen) atoms. The Balaban J connectivity index is 3.03. The van der Waals surface area contributed by atoms with E-state index in [9.17, 15) is 4.39 Å². The molecule has 0 saturated heterocycles. The number of nitriles is 1. The van der Waals surface area contributed by atoms with Crippen LogP contribution < -0.4 is 5.32 Å². The Morgan fingerprint density at radius 3 is 2.60 bits per heavy atom. The van der Waals surface area contributed by atoms with Gasteiger partial charge in [0, 0.05) is 5.69 Å². The first kappa shape index (κ1) is 11.1. The van der Waals surface area contributed by atoms with Crippen molar-refractivity contribution in [3.63, 3.8) is 0 Å². The van der Waals surface area contributed by atoms with Crippen LogP contribution >= 0.6 is 0 Å². The first-order valence-electron chi connectivity index (χ1n) is 4.43. The zero-order chi connectivity index (χ0) is 11.5. The highest BCUT2D eigenvalue weighted by atomic mass is 19.1. The number of terminal acetylenes is 1. The standard InChI is InChI=1S/C12H11FN2/c1-4-12(2,3)15-11-6-9(8-14)5-10(13)7-11/h1,5-7,15H,2-3H3. The summed E-state index contributed by atoms with van der Waals surface area (Å²) in [4.78, 5) is 0. The molecule has 0 radical (unpaired) electrons. The molecule has 0 unspecified atom stereocenters.